The van der Waals surface area contributed by atoms with E-state index in [9.17, 15) is 22.8 Å². The van der Waals surface area contributed by atoms with E-state index in [-0.39, 0.29) is 18.1 Å². The minimum Gasteiger partial charge on any atom is -0.466 e. The van der Waals surface area contributed by atoms with Crippen LogP contribution < -0.4 is 10.2 Å². The van der Waals surface area contributed by atoms with Gasteiger partial charge in [0.05, 0.1) is 18.6 Å². The van der Waals surface area contributed by atoms with Gasteiger partial charge >= 0.3 is 18.2 Å². The number of hydrogen-bond donors (Lipinski definition) is 1. The van der Waals surface area contributed by atoms with Crippen molar-refractivity contribution in [2.75, 3.05) is 23.4 Å². The molecule has 0 aliphatic carbocycles. The van der Waals surface area contributed by atoms with Crippen LogP contribution in [0.15, 0.2) is 82.6 Å². The Labute approximate surface area is 219 Å². The van der Waals surface area contributed by atoms with Crippen molar-refractivity contribution in [2.24, 2.45) is 0 Å². The summed E-state index contributed by atoms with van der Waals surface area (Å²) in [6.07, 6.45) is -2.58. The second-order valence-corrected chi connectivity index (χ2v) is 9.38. The molecule has 0 unspecified atom stereocenters. The normalized spacial score (nSPS) is 11.2. The molecule has 0 radical (unpaired) electrons. The topological polar surface area (TPSA) is 58.6 Å². The van der Waals surface area contributed by atoms with E-state index in [1.165, 1.54) is 23.9 Å². The number of ether oxygens (including phenoxy) is 1. The number of nitrogens with zero attached hydrogens (tertiary/aromatic N) is 1. The molecular weight excluding hydrogens is 501 g/mol. The summed E-state index contributed by atoms with van der Waals surface area (Å²) < 4.78 is 43.5. The molecule has 2 amide bonds. The lowest BCUT2D eigenvalue weighted by Gasteiger charge is -2.24. The van der Waals surface area contributed by atoms with Crippen molar-refractivity contribution in [2.45, 2.75) is 49.1 Å². The minimum absolute atomic E-state index is 0.217. The average molecular weight is 531 g/mol. The van der Waals surface area contributed by atoms with E-state index in [2.05, 4.69) is 5.32 Å². The van der Waals surface area contributed by atoms with Gasteiger partial charge < -0.3 is 10.1 Å². The molecule has 1 N–H and O–H groups in total. The van der Waals surface area contributed by atoms with Gasteiger partial charge in [-0.2, -0.15) is 13.2 Å². The van der Waals surface area contributed by atoms with E-state index in [0.29, 0.717) is 18.8 Å². The van der Waals surface area contributed by atoms with Crippen LogP contribution in [0.1, 0.15) is 37.8 Å². The van der Waals surface area contributed by atoms with Crippen LogP contribution in [0.25, 0.3) is 0 Å². The molecule has 9 heteroatoms. The highest BCUT2D eigenvalue weighted by molar-refractivity contribution is 7.99. The second-order valence-electron chi connectivity index (χ2n) is 8.24. The standard InChI is InChI=1S/C28H29F3N2O3S/c1-3-5-17-33(27(35)32-22-13-11-21(12-14-22)28(29,30)31)23-7-6-8-25(19-23)37-24-15-9-20(10-16-24)18-26(34)36-4-2/h6-16,19H,3-5,17-18H2,1-2H3,(H,32,35). The molecule has 0 fully saturated rings. The van der Waals surface area contributed by atoms with Crippen molar-refractivity contribution in [3.8, 4) is 0 Å². The zero-order valence-corrected chi connectivity index (χ0v) is 21.5. The molecular formula is C28H29F3N2O3S. The molecule has 3 aromatic rings. The molecule has 0 atom stereocenters. The number of amides is 2. The lowest BCUT2D eigenvalue weighted by molar-refractivity contribution is -0.142. The highest BCUT2D eigenvalue weighted by Crippen LogP contribution is 2.32. The second kappa shape index (κ2) is 13.2. The molecule has 0 aliphatic rings. The summed E-state index contributed by atoms with van der Waals surface area (Å²) in [5.74, 6) is -0.266. The number of benzene rings is 3. The van der Waals surface area contributed by atoms with Gasteiger partial charge in [-0.3, -0.25) is 9.69 Å². The molecule has 0 saturated carbocycles. The zero-order valence-electron chi connectivity index (χ0n) is 20.7. The maximum absolute atomic E-state index is 13.1. The van der Waals surface area contributed by atoms with Crippen LogP contribution >= 0.6 is 11.8 Å². The summed E-state index contributed by atoms with van der Waals surface area (Å²) in [6.45, 7) is 4.59. The Hall–Kier alpha value is -3.46. The van der Waals surface area contributed by atoms with Crippen molar-refractivity contribution in [1.29, 1.82) is 0 Å². The van der Waals surface area contributed by atoms with Crippen LogP contribution in [0, 0.1) is 0 Å². The van der Waals surface area contributed by atoms with Crippen LogP contribution in [0.4, 0.5) is 29.3 Å². The Bertz CT molecular complexity index is 1180. The van der Waals surface area contributed by atoms with Crippen molar-refractivity contribution >= 4 is 35.1 Å². The van der Waals surface area contributed by atoms with Crippen LogP contribution in [-0.4, -0.2) is 25.2 Å². The largest absolute Gasteiger partial charge is 0.466 e. The first-order chi connectivity index (χ1) is 17.7. The van der Waals surface area contributed by atoms with E-state index < -0.39 is 17.8 Å². The highest BCUT2D eigenvalue weighted by atomic mass is 32.2. The summed E-state index contributed by atoms with van der Waals surface area (Å²) in [4.78, 5) is 28.2. The lowest BCUT2D eigenvalue weighted by atomic mass is 10.1. The summed E-state index contributed by atoms with van der Waals surface area (Å²) in [7, 11) is 0. The molecule has 0 bridgehead atoms. The molecule has 0 aliphatic heterocycles. The van der Waals surface area contributed by atoms with Gasteiger partial charge in [0.15, 0.2) is 0 Å². The van der Waals surface area contributed by atoms with E-state index in [4.69, 9.17) is 4.74 Å². The quantitative estimate of drug-likeness (QED) is 0.272. The van der Waals surface area contributed by atoms with Crippen molar-refractivity contribution in [1.82, 2.24) is 0 Å². The number of halogens is 3. The summed E-state index contributed by atoms with van der Waals surface area (Å²) >= 11 is 1.52. The monoisotopic (exact) mass is 530 g/mol. The first kappa shape index (κ1) is 28.1. The predicted octanol–water partition coefficient (Wildman–Crippen LogP) is 7.80. The van der Waals surface area contributed by atoms with Gasteiger partial charge in [0, 0.05) is 27.7 Å². The number of alkyl halides is 3. The Morgan fingerprint density at radius 1 is 0.946 bits per heavy atom. The number of carbonyl (C=O) groups is 2. The highest BCUT2D eigenvalue weighted by Gasteiger charge is 2.30. The number of rotatable bonds is 10. The summed E-state index contributed by atoms with van der Waals surface area (Å²) in [5, 5.41) is 2.70. The number of hydrogen-bond acceptors (Lipinski definition) is 4. The van der Waals surface area contributed by atoms with Crippen molar-refractivity contribution < 1.29 is 27.5 Å². The first-order valence-electron chi connectivity index (χ1n) is 12.0. The number of carbonyl (C=O) groups excluding carboxylic acids is 2. The van der Waals surface area contributed by atoms with Crippen LogP contribution in [0.2, 0.25) is 0 Å². The van der Waals surface area contributed by atoms with Gasteiger partial charge in [0.1, 0.15) is 0 Å². The fourth-order valence-electron chi connectivity index (χ4n) is 3.50. The fourth-order valence-corrected chi connectivity index (χ4v) is 4.37. The summed E-state index contributed by atoms with van der Waals surface area (Å²) in [5.41, 5.74) is 1.06. The van der Waals surface area contributed by atoms with Crippen molar-refractivity contribution in [3.63, 3.8) is 0 Å². The van der Waals surface area contributed by atoms with Crippen LogP contribution in [0.3, 0.4) is 0 Å². The molecule has 0 spiro atoms. The van der Waals surface area contributed by atoms with Gasteiger partial charge in [-0.15, -0.1) is 0 Å². The number of unbranched alkanes of at least 4 members (excludes halogenated alkanes) is 1. The SMILES string of the molecule is CCCCN(C(=O)Nc1ccc(C(F)(F)F)cc1)c1cccc(Sc2ccc(CC(=O)OCC)cc2)c1. The van der Waals surface area contributed by atoms with Gasteiger partial charge in [0.25, 0.3) is 0 Å². The van der Waals surface area contributed by atoms with E-state index in [1.54, 1.807) is 11.8 Å². The van der Waals surface area contributed by atoms with E-state index >= 15 is 0 Å². The molecule has 0 aromatic heterocycles. The number of anilines is 2. The molecule has 3 aromatic carbocycles. The molecule has 5 nitrogen and oxygen atoms in total. The Kier molecular flexibility index (Phi) is 10.0. The molecule has 3 rings (SSSR count). The summed E-state index contributed by atoms with van der Waals surface area (Å²) in [6, 6.07) is 19.1. The number of nitrogens with one attached hydrogen (secondary N) is 1. The molecule has 196 valence electrons. The smallest absolute Gasteiger partial charge is 0.416 e. The van der Waals surface area contributed by atoms with Gasteiger partial charge in [-0.25, -0.2) is 4.79 Å². The van der Waals surface area contributed by atoms with E-state index in [1.807, 2.05) is 55.5 Å². The maximum Gasteiger partial charge on any atom is 0.416 e. The van der Waals surface area contributed by atoms with Crippen molar-refractivity contribution in [3.05, 3.63) is 83.9 Å². The Balaban J connectivity index is 1.72. The fraction of sp³-hybridized carbons (Fsp3) is 0.286. The van der Waals surface area contributed by atoms with Gasteiger partial charge in [-0.05, 0) is 73.5 Å². The molecule has 37 heavy (non-hydrogen) atoms. The van der Waals surface area contributed by atoms with Gasteiger partial charge in [-0.1, -0.05) is 43.3 Å². The minimum atomic E-state index is -4.44. The number of urea groups is 1. The Morgan fingerprint density at radius 2 is 1.65 bits per heavy atom. The third kappa shape index (κ3) is 8.56. The van der Waals surface area contributed by atoms with E-state index in [0.717, 1.165) is 40.3 Å². The van der Waals surface area contributed by atoms with Crippen LogP contribution in [0.5, 0.6) is 0 Å². The third-order valence-electron chi connectivity index (χ3n) is 5.39. The third-order valence-corrected chi connectivity index (χ3v) is 6.38. The van der Waals surface area contributed by atoms with Gasteiger partial charge in [0.2, 0.25) is 0 Å². The van der Waals surface area contributed by atoms with Crippen LogP contribution in [-0.2, 0) is 22.1 Å². The Morgan fingerprint density at radius 3 is 2.27 bits per heavy atom. The first-order valence-corrected chi connectivity index (χ1v) is 12.8. The maximum atomic E-state index is 13.1. The zero-order chi connectivity index (χ0) is 26.8. The molecule has 0 heterocycles. The molecule has 0 saturated heterocycles. The average Bonchev–Trinajstić information content (AvgIpc) is 2.86. The number of esters is 1. The lowest BCUT2D eigenvalue weighted by Crippen LogP contribution is -2.35. The predicted molar refractivity (Wildman–Crippen MR) is 140 cm³/mol.